The van der Waals surface area contributed by atoms with Crippen LogP contribution in [0.2, 0.25) is 0 Å². The summed E-state index contributed by atoms with van der Waals surface area (Å²) in [6.45, 7) is 3.09. The topological polar surface area (TPSA) is 145 Å². The van der Waals surface area contributed by atoms with E-state index in [9.17, 15) is 9.59 Å². The minimum absolute atomic E-state index is 0.0244. The van der Waals surface area contributed by atoms with Gasteiger partial charge in [-0.3, -0.25) is 0 Å². The first-order chi connectivity index (χ1) is 33.7. The lowest BCUT2D eigenvalue weighted by atomic mass is 9.85. The molecule has 17 heteroatoms. The zero-order valence-electron chi connectivity index (χ0n) is 42.6. The Morgan fingerprint density at radius 3 is 1.47 bits per heavy atom. The molecule has 4 aromatic carbocycles. The Balaban J connectivity index is 1.10. The van der Waals surface area contributed by atoms with E-state index in [1.807, 2.05) is 36.4 Å². The monoisotopic (exact) mass is 992 g/mol. The quantitative estimate of drug-likeness (QED) is 0.0308. The van der Waals surface area contributed by atoms with Crippen molar-refractivity contribution in [3.8, 4) is 57.5 Å². The van der Waals surface area contributed by atoms with Crippen molar-refractivity contribution in [1.29, 1.82) is 0 Å². The molecule has 4 aromatic rings. The largest absolute Gasteiger partial charge is 0.493 e. The summed E-state index contributed by atoms with van der Waals surface area (Å²) in [7, 11) is 20.5. The zero-order chi connectivity index (χ0) is 50.8. The van der Waals surface area contributed by atoms with Crippen LogP contribution in [0.1, 0.15) is 58.3 Å². The molecule has 0 fully saturated rings. The van der Waals surface area contributed by atoms with E-state index in [0.29, 0.717) is 98.8 Å². The molecule has 0 bridgehead atoms. The first-order valence-corrected chi connectivity index (χ1v) is 23.5. The van der Waals surface area contributed by atoms with Crippen LogP contribution in [0.5, 0.6) is 57.5 Å². The van der Waals surface area contributed by atoms with Crippen LogP contribution in [0.25, 0.3) is 0 Å². The number of benzene rings is 4. The third-order valence-electron chi connectivity index (χ3n) is 13.8. The van der Waals surface area contributed by atoms with E-state index in [1.165, 1.54) is 5.56 Å². The Hall–Kier alpha value is -6.23. The van der Waals surface area contributed by atoms with Crippen LogP contribution in [-0.2, 0) is 38.3 Å². The van der Waals surface area contributed by atoms with Gasteiger partial charge in [-0.2, -0.15) is 0 Å². The Labute approximate surface area is 416 Å². The van der Waals surface area contributed by atoms with Gasteiger partial charge in [0.25, 0.3) is 0 Å². The van der Waals surface area contributed by atoms with Gasteiger partial charge in [0.15, 0.2) is 46.0 Å². The van der Waals surface area contributed by atoms with Gasteiger partial charge in [0.1, 0.15) is 17.1 Å². The molecule has 2 aliphatic rings. The van der Waals surface area contributed by atoms with Crippen LogP contribution in [0.15, 0.2) is 59.6 Å². The van der Waals surface area contributed by atoms with Crippen LogP contribution in [0, 0.1) is 0 Å². The highest BCUT2D eigenvalue weighted by Gasteiger charge is 2.43. The van der Waals surface area contributed by atoms with E-state index in [-0.39, 0.29) is 30.3 Å². The molecular formula is C53H69ClN2O14+2. The van der Waals surface area contributed by atoms with Crippen molar-refractivity contribution in [2.45, 2.75) is 44.2 Å². The van der Waals surface area contributed by atoms with Crippen molar-refractivity contribution in [1.82, 2.24) is 0 Å². The molecule has 2 aliphatic heterocycles. The van der Waals surface area contributed by atoms with Crippen LogP contribution < -0.4 is 47.4 Å². The number of carbonyl (C=O) groups is 2. The molecule has 0 aliphatic carbocycles. The summed E-state index contributed by atoms with van der Waals surface area (Å²) in [4.78, 5) is 26.1. The fraction of sp³-hybridized carbons (Fsp3) is 0.472. The molecule has 70 heavy (non-hydrogen) atoms. The average molecular weight is 994 g/mol. The number of hydrogen-bond donors (Lipinski definition) is 0. The van der Waals surface area contributed by atoms with Gasteiger partial charge in [-0.1, -0.05) is 11.6 Å². The standard InChI is InChI=1S/C53H69ClN2O14/c1-55(19-15-34-26-41(59-3)43(61-5)30-37(34)40(55)23-33-24-45(63-7)51(67-11)46(25-33)64-8)17-13-22-70-53(58)39(54)32-49(57)69-21-14-18-56(2)20-16-35-27-42(60-4)44(62-6)31-38(35)50(56)36-28-47(65-9)52(68-12)48(29-36)66-10/h24-32,40,50H,13-23H2,1-12H3/q+2/b39-32-/t40-,50+,55-,56+/m1/s1. The van der Waals surface area contributed by atoms with Crippen LogP contribution in [0.4, 0.5) is 0 Å². The number of ether oxygens (including phenoxy) is 12. The smallest absolute Gasteiger partial charge is 0.350 e. The van der Waals surface area contributed by atoms with Crippen molar-refractivity contribution in [3.05, 3.63) is 93.0 Å². The molecule has 0 aromatic heterocycles. The number of likely N-dealkylation sites (N-methyl/N-ethyl adjacent to an activating group) is 2. The predicted octanol–water partition coefficient (Wildman–Crippen LogP) is 7.84. The third kappa shape index (κ3) is 11.3. The van der Waals surface area contributed by atoms with E-state index >= 15 is 0 Å². The zero-order valence-corrected chi connectivity index (χ0v) is 43.4. The van der Waals surface area contributed by atoms with Crippen molar-refractivity contribution < 1.29 is 75.4 Å². The number of rotatable bonds is 23. The minimum atomic E-state index is -0.804. The average Bonchev–Trinajstić information content (AvgIpc) is 3.37. The van der Waals surface area contributed by atoms with Crippen molar-refractivity contribution in [2.24, 2.45) is 0 Å². The number of quaternary nitrogens is 2. The van der Waals surface area contributed by atoms with Gasteiger partial charge in [0.2, 0.25) is 11.5 Å². The summed E-state index contributed by atoms with van der Waals surface area (Å²) in [5, 5.41) is -0.364. The molecule has 0 N–H and O–H groups in total. The number of methoxy groups -OCH3 is 10. The lowest BCUT2D eigenvalue weighted by Gasteiger charge is -2.46. The second kappa shape index (κ2) is 23.6. The lowest BCUT2D eigenvalue weighted by Crippen LogP contribution is -2.52. The molecule has 0 amide bonds. The number of halogens is 1. The van der Waals surface area contributed by atoms with E-state index in [4.69, 9.17) is 68.4 Å². The number of esters is 2. The number of fused-ring (bicyclic) bond motifs is 2. The van der Waals surface area contributed by atoms with Crippen molar-refractivity contribution >= 4 is 23.5 Å². The second-order valence-electron chi connectivity index (χ2n) is 17.8. The molecule has 380 valence electrons. The van der Waals surface area contributed by atoms with Gasteiger partial charge in [-0.05, 0) is 65.2 Å². The Kier molecular flexibility index (Phi) is 17.9. The fourth-order valence-electron chi connectivity index (χ4n) is 10.2. The summed E-state index contributed by atoms with van der Waals surface area (Å²) >= 11 is 6.36. The summed E-state index contributed by atoms with van der Waals surface area (Å²) in [6, 6.07) is 15.9. The molecule has 4 atom stereocenters. The van der Waals surface area contributed by atoms with E-state index in [0.717, 1.165) is 59.8 Å². The number of hydrogen-bond acceptors (Lipinski definition) is 14. The van der Waals surface area contributed by atoms with Crippen molar-refractivity contribution in [3.63, 3.8) is 0 Å². The Morgan fingerprint density at radius 1 is 0.543 bits per heavy atom. The maximum atomic E-state index is 13.1. The Morgan fingerprint density at radius 2 is 0.971 bits per heavy atom. The molecule has 0 radical (unpaired) electrons. The molecule has 2 heterocycles. The van der Waals surface area contributed by atoms with E-state index in [1.54, 1.807) is 71.1 Å². The van der Waals surface area contributed by atoms with Crippen LogP contribution in [-0.4, -0.2) is 145 Å². The normalized spacial score (nSPS) is 19.4. The van der Waals surface area contributed by atoms with Crippen molar-refractivity contribution in [2.75, 3.05) is 125 Å². The van der Waals surface area contributed by atoms with Crippen LogP contribution in [0.3, 0.4) is 0 Å². The minimum Gasteiger partial charge on any atom is -0.493 e. The molecule has 16 nitrogen and oxygen atoms in total. The predicted molar refractivity (Wildman–Crippen MR) is 264 cm³/mol. The molecular weight excluding hydrogens is 924 g/mol. The Bertz CT molecular complexity index is 2480. The van der Waals surface area contributed by atoms with E-state index < -0.39 is 11.9 Å². The third-order valence-corrected chi connectivity index (χ3v) is 14.1. The summed E-state index contributed by atoms with van der Waals surface area (Å²) in [5.74, 6) is 4.29. The first kappa shape index (κ1) is 53.1. The molecule has 0 unspecified atom stereocenters. The maximum absolute atomic E-state index is 13.1. The molecule has 0 saturated heterocycles. The summed E-state index contributed by atoms with van der Waals surface area (Å²) < 4.78 is 69.4. The fourth-order valence-corrected chi connectivity index (χ4v) is 10.3. The summed E-state index contributed by atoms with van der Waals surface area (Å²) in [6.07, 6.45) is 4.24. The SMILES string of the molecule is COc1cc2c(cc1OC)[C@H](c1cc(OC)c(OC)c(OC)c1)[N@@+](C)(CCCOC(=O)/C=C(\Cl)C(=O)OCCC[N@+]1(C)CCc3cc(OC)c(OC)cc3[C@H]1Cc1cc(OC)c(OC)c(OC)c1)CC2. The highest BCUT2D eigenvalue weighted by molar-refractivity contribution is 6.42. The molecule has 0 saturated carbocycles. The molecule has 0 spiro atoms. The van der Waals surface area contributed by atoms with Crippen LogP contribution >= 0.6 is 11.6 Å². The highest BCUT2D eigenvalue weighted by atomic mass is 35.5. The van der Waals surface area contributed by atoms with Gasteiger partial charge in [0.05, 0.1) is 125 Å². The van der Waals surface area contributed by atoms with Gasteiger partial charge in [-0.25, -0.2) is 9.59 Å². The van der Waals surface area contributed by atoms with E-state index in [2.05, 4.69) is 26.2 Å². The lowest BCUT2D eigenvalue weighted by molar-refractivity contribution is -0.941. The number of nitrogens with zero attached hydrogens (tertiary/aromatic N) is 2. The van der Waals surface area contributed by atoms with Gasteiger partial charge < -0.3 is 65.8 Å². The second-order valence-corrected chi connectivity index (χ2v) is 18.2. The maximum Gasteiger partial charge on any atom is 0.350 e. The highest BCUT2D eigenvalue weighted by Crippen LogP contribution is 2.49. The summed E-state index contributed by atoms with van der Waals surface area (Å²) in [5.41, 5.74) is 6.47. The van der Waals surface area contributed by atoms with Gasteiger partial charge in [-0.15, -0.1) is 0 Å². The number of carbonyl (C=O) groups excluding carboxylic acids is 2. The molecule has 6 rings (SSSR count). The van der Waals surface area contributed by atoms with Gasteiger partial charge in [0, 0.05) is 54.9 Å². The first-order valence-electron chi connectivity index (χ1n) is 23.2. The van der Waals surface area contributed by atoms with Gasteiger partial charge >= 0.3 is 11.9 Å².